The van der Waals surface area contributed by atoms with Crippen LogP contribution < -0.4 is 14.8 Å². The van der Waals surface area contributed by atoms with Crippen LogP contribution in [0.2, 0.25) is 5.02 Å². The minimum atomic E-state index is 0.528. The molecule has 20 heavy (non-hydrogen) atoms. The van der Waals surface area contributed by atoms with Crippen LogP contribution in [-0.4, -0.2) is 30.9 Å². The Morgan fingerprint density at radius 1 is 1.30 bits per heavy atom. The van der Waals surface area contributed by atoms with Gasteiger partial charge in [-0.15, -0.1) is 0 Å². The van der Waals surface area contributed by atoms with E-state index in [4.69, 9.17) is 25.6 Å². The van der Waals surface area contributed by atoms with Gasteiger partial charge < -0.3 is 19.3 Å². The largest absolute Gasteiger partial charge is 0.493 e. The summed E-state index contributed by atoms with van der Waals surface area (Å²) in [4.78, 5) is 3.95. The van der Waals surface area contributed by atoms with Gasteiger partial charge in [0.25, 0.3) is 0 Å². The smallest absolute Gasteiger partial charge is 0.227 e. The molecule has 1 heterocycles. The molecule has 1 aromatic heterocycles. The first-order valence-corrected chi connectivity index (χ1v) is 6.49. The average molecular weight is 298 g/mol. The van der Waals surface area contributed by atoms with Crippen LogP contribution in [-0.2, 0) is 13.0 Å². The van der Waals surface area contributed by atoms with Gasteiger partial charge in [0.05, 0.1) is 19.2 Å². The van der Waals surface area contributed by atoms with Gasteiger partial charge in [-0.2, -0.15) is 4.98 Å². The van der Waals surface area contributed by atoms with E-state index >= 15 is 0 Å². The van der Waals surface area contributed by atoms with E-state index < -0.39 is 0 Å². The van der Waals surface area contributed by atoms with Crippen molar-refractivity contribution in [2.24, 2.45) is 0 Å². The second kappa shape index (κ2) is 7.12. The predicted molar refractivity (Wildman–Crippen MR) is 74.3 cm³/mol. The van der Waals surface area contributed by atoms with Crippen molar-refractivity contribution in [1.29, 1.82) is 0 Å². The lowest BCUT2D eigenvalue weighted by Gasteiger charge is -2.12. The van der Waals surface area contributed by atoms with E-state index in [0.717, 1.165) is 12.1 Å². The van der Waals surface area contributed by atoms with E-state index in [9.17, 15) is 0 Å². The lowest BCUT2D eigenvalue weighted by molar-refractivity contribution is 0.354. The van der Waals surface area contributed by atoms with E-state index in [1.54, 1.807) is 14.2 Å². The van der Waals surface area contributed by atoms with Gasteiger partial charge in [0.1, 0.15) is 0 Å². The number of nitrogens with zero attached hydrogens (tertiary/aromatic N) is 2. The van der Waals surface area contributed by atoms with Gasteiger partial charge in [0.2, 0.25) is 5.89 Å². The van der Waals surface area contributed by atoms with Gasteiger partial charge in [-0.05, 0) is 17.7 Å². The lowest BCUT2D eigenvalue weighted by atomic mass is 10.2. The third-order valence-corrected chi connectivity index (χ3v) is 3.03. The van der Waals surface area contributed by atoms with Crippen molar-refractivity contribution in [2.75, 3.05) is 20.8 Å². The van der Waals surface area contributed by atoms with Gasteiger partial charge in [-0.25, -0.2) is 0 Å². The maximum atomic E-state index is 6.14. The molecular weight excluding hydrogens is 282 g/mol. The van der Waals surface area contributed by atoms with Gasteiger partial charge in [-0.1, -0.05) is 16.8 Å². The van der Waals surface area contributed by atoms with Crippen LogP contribution in [0, 0.1) is 0 Å². The van der Waals surface area contributed by atoms with Crippen molar-refractivity contribution in [2.45, 2.75) is 13.0 Å². The molecule has 0 aliphatic rings. The van der Waals surface area contributed by atoms with Crippen LogP contribution in [0.5, 0.6) is 11.5 Å². The molecule has 1 N–H and O–H groups in total. The molecule has 2 rings (SSSR count). The van der Waals surface area contributed by atoms with Crippen molar-refractivity contribution in [3.05, 3.63) is 34.9 Å². The number of hydrogen-bond donors (Lipinski definition) is 1. The number of nitrogens with one attached hydrogen (secondary N) is 1. The molecule has 0 saturated heterocycles. The summed E-state index contributed by atoms with van der Waals surface area (Å²) >= 11 is 6.14. The third-order valence-electron chi connectivity index (χ3n) is 2.75. The van der Waals surface area contributed by atoms with Crippen molar-refractivity contribution in [3.8, 4) is 11.5 Å². The standard InChI is InChI=1S/C13H16ClN3O3/c1-18-11-6-9(5-10(14)13(11)19-2)7-15-4-3-12-16-8-17-20-12/h5-6,8,15H,3-4,7H2,1-2H3. The van der Waals surface area contributed by atoms with E-state index in [1.165, 1.54) is 6.33 Å². The van der Waals surface area contributed by atoms with Crippen LogP contribution in [0.4, 0.5) is 0 Å². The van der Waals surface area contributed by atoms with Crippen molar-refractivity contribution < 1.29 is 14.0 Å². The topological polar surface area (TPSA) is 69.4 Å². The van der Waals surface area contributed by atoms with Gasteiger partial charge in [0, 0.05) is 19.5 Å². The first-order valence-electron chi connectivity index (χ1n) is 6.11. The van der Waals surface area contributed by atoms with E-state index in [1.807, 2.05) is 12.1 Å². The molecule has 0 fully saturated rings. The van der Waals surface area contributed by atoms with Crippen molar-refractivity contribution >= 4 is 11.6 Å². The molecule has 6 nitrogen and oxygen atoms in total. The molecule has 0 amide bonds. The van der Waals surface area contributed by atoms with Gasteiger partial charge >= 0.3 is 0 Å². The fraction of sp³-hybridized carbons (Fsp3) is 0.385. The maximum Gasteiger partial charge on any atom is 0.227 e. The summed E-state index contributed by atoms with van der Waals surface area (Å²) in [5.41, 5.74) is 1.01. The van der Waals surface area contributed by atoms with Crippen molar-refractivity contribution in [1.82, 2.24) is 15.5 Å². The highest BCUT2D eigenvalue weighted by atomic mass is 35.5. The highest BCUT2D eigenvalue weighted by Crippen LogP contribution is 2.35. The number of hydrogen-bond acceptors (Lipinski definition) is 6. The monoisotopic (exact) mass is 297 g/mol. The Kier molecular flexibility index (Phi) is 5.20. The third kappa shape index (κ3) is 3.61. The summed E-state index contributed by atoms with van der Waals surface area (Å²) in [6.07, 6.45) is 2.07. The lowest BCUT2D eigenvalue weighted by Crippen LogP contribution is -2.16. The predicted octanol–water partition coefficient (Wildman–Crippen LogP) is 2.07. The molecule has 1 aromatic carbocycles. The molecule has 7 heteroatoms. The molecule has 0 aliphatic carbocycles. The van der Waals surface area contributed by atoms with Crippen LogP contribution in [0.25, 0.3) is 0 Å². The number of aromatic nitrogens is 2. The Morgan fingerprint density at radius 3 is 2.80 bits per heavy atom. The number of ether oxygens (including phenoxy) is 2. The molecule has 2 aromatic rings. The molecular formula is C13H16ClN3O3. The Hall–Kier alpha value is -1.79. The molecule has 0 bridgehead atoms. The SMILES string of the molecule is COc1cc(CNCCc2ncno2)cc(Cl)c1OC. The molecule has 0 aliphatic heterocycles. The average Bonchev–Trinajstić information content (AvgIpc) is 2.96. The number of benzene rings is 1. The molecule has 0 atom stereocenters. The zero-order chi connectivity index (χ0) is 14.4. The molecule has 0 spiro atoms. The number of methoxy groups -OCH3 is 2. The minimum Gasteiger partial charge on any atom is -0.493 e. The summed E-state index contributed by atoms with van der Waals surface area (Å²) in [6, 6.07) is 3.74. The quantitative estimate of drug-likeness (QED) is 0.789. The number of rotatable bonds is 7. The fourth-order valence-corrected chi connectivity index (χ4v) is 2.12. The second-order valence-corrected chi connectivity index (χ2v) is 4.48. The summed E-state index contributed by atoms with van der Waals surface area (Å²) in [7, 11) is 3.15. The zero-order valence-electron chi connectivity index (χ0n) is 11.4. The van der Waals surface area contributed by atoms with Crippen LogP contribution in [0.15, 0.2) is 23.0 Å². The normalized spacial score (nSPS) is 10.6. The Morgan fingerprint density at radius 2 is 2.15 bits per heavy atom. The molecule has 108 valence electrons. The Labute approximate surface area is 122 Å². The Bertz CT molecular complexity index is 546. The van der Waals surface area contributed by atoms with E-state index in [2.05, 4.69) is 15.5 Å². The van der Waals surface area contributed by atoms with Crippen LogP contribution >= 0.6 is 11.6 Å². The molecule has 0 saturated carbocycles. The minimum absolute atomic E-state index is 0.528. The summed E-state index contributed by atoms with van der Waals surface area (Å²) in [5, 5.41) is 7.35. The molecule has 0 unspecified atom stereocenters. The van der Waals surface area contributed by atoms with Gasteiger partial charge in [-0.3, -0.25) is 0 Å². The first-order chi connectivity index (χ1) is 9.74. The fourth-order valence-electron chi connectivity index (χ4n) is 1.81. The summed E-state index contributed by atoms with van der Waals surface area (Å²) in [6.45, 7) is 1.39. The zero-order valence-corrected chi connectivity index (χ0v) is 12.1. The van der Waals surface area contributed by atoms with Crippen LogP contribution in [0.3, 0.4) is 0 Å². The highest BCUT2D eigenvalue weighted by molar-refractivity contribution is 6.32. The first kappa shape index (κ1) is 14.6. The summed E-state index contributed by atoms with van der Waals surface area (Å²) < 4.78 is 15.4. The van der Waals surface area contributed by atoms with Crippen molar-refractivity contribution in [3.63, 3.8) is 0 Å². The van der Waals surface area contributed by atoms with Crippen LogP contribution in [0.1, 0.15) is 11.5 Å². The highest BCUT2D eigenvalue weighted by Gasteiger charge is 2.10. The summed E-state index contributed by atoms with van der Waals surface area (Å²) in [5.74, 6) is 1.78. The Balaban J connectivity index is 1.91. The number of halogens is 1. The molecule has 0 radical (unpaired) electrons. The van der Waals surface area contributed by atoms with E-state index in [0.29, 0.717) is 35.4 Å². The maximum absolute atomic E-state index is 6.14. The van der Waals surface area contributed by atoms with E-state index in [-0.39, 0.29) is 0 Å². The van der Waals surface area contributed by atoms with Gasteiger partial charge in [0.15, 0.2) is 17.8 Å². The second-order valence-electron chi connectivity index (χ2n) is 4.07.